The molecule has 0 spiro atoms. The van der Waals surface area contributed by atoms with Gasteiger partial charge in [-0.05, 0) is 48.4 Å². The highest BCUT2D eigenvalue weighted by Gasteiger charge is 2.39. The number of nitrogens with zero attached hydrogens (tertiary/aromatic N) is 3. The Morgan fingerprint density at radius 3 is 2.64 bits per heavy atom. The van der Waals surface area contributed by atoms with Gasteiger partial charge in [0.15, 0.2) is 11.9 Å². The number of benzene rings is 2. The lowest BCUT2D eigenvalue weighted by atomic mass is 10.1. The summed E-state index contributed by atoms with van der Waals surface area (Å²) in [7, 11) is 0. The summed E-state index contributed by atoms with van der Waals surface area (Å²) in [4.78, 5) is 12.6. The second-order valence-electron chi connectivity index (χ2n) is 7.74. The third-order valence-corrected chi connectivity index (χ3v) is 5.24. The van der Waals surface area contributed by atoms with Gasteiger partial charge in [0.25, 0.3) is 0 Å². The zero-order valence-electron chi connectivity index (χ0n) is 17.8. The van der Waals surface area contributed by atoms with Gasteiger partial charge in [-0.15, -0.1) is 0 Å². The lowest BCUT2D eigenvalue weighted by molar-refractivity contribution is -0.206. The van der Waals surface area contributed by atoms with Crippen LogP contribution < -0.4 is 10.1 Å². The van der Waals surface area contributed by atoms with Crippen LogP contribution >= 0.6 is 0 Å². The van der Waals surface area contributed by atoms with Crippen molar-refractivity contribution in [1.82, 2.24) is 15.0 Å². The Labute approximate surface area is 188 Å². The summed E-state index contributed by atoms with van der Waals surface area (Å²) in [5.41, 5.74) is 1.71. The van der Waals surface area contributed by atoms with Gasteiger partial charge >= 0.3 is 6.18 Å². The second kappa shape index (κ2) is 9.72. The number of rotatable bonds is 6. The van der Waals surface area contributed by atoms with Gasteiger partial charge in [-0.3, -0.25) is 0 Å². The van der Waals surface area contributed by atoms with E-state index in [1.165, 1.54) is 24.5 Å². The molecule has 1 aromatic heterocycles. The topological polar surface area (TPSA) is 89.4 Å². The van der Waals surface area contributed by atoms with Crippen LogP contribution in [0.3, 0.4) is 0 Å². The fourth-order valence-electron chi connectivity index (χ4n) is 3.49. The maximum Gasteiger partial charge on any atom is 0.418 e. The monoisotopic (exact) mass is 460 g/mol. The first-order valence-electron chi connectivity index (χ1n) is 10.5. The second-order valence-corrected chi connectivity index (χ2v) is 7.74. The largest absolute Gasteiger partial charge is 0.490 e. The quantitative estimate of drug-likeness (QED) is 0.549. The van der Waals surface area contributed by atoms with Crippen LogP contribution in [0.5, 0.6) is 5.75 Å². The Balaban J connectivity index is 1.50. The highest BCUT2D eigenvalue weighted by atomic mass is 19.4. The van der Waals surface area contributed by atoms with E-state index in [1.807, 2.05) is 25.1 Å². The fraction of sp³-hybridized carbons (Fsp3) is 0.348. The van der Waals surface area contributed by atoms with Gasteiger partial charge < -0.3 is 19.9 Å². The van der Waals surface area contributed by atoms with E-state index in [-0.39, 0.29) is 17.6 Å². The van der Waals surface area contributed by atoms with E-state index in [2.05, 4.69) is 20.3 Å². The number of hydrogen-bond acceptors (Lipinski definition) is 7. The highest BCUT2D eigenvalue weighted by Crippen LogP contribution is 2.33. The molecule has 0 aliphatic carbocycles. The molecule has 1 aliphatic rings. The van der Waals surface area contributed by atoms with Crippen LogP contribution in [0.25, 0.3) is 11.4 Å². The molecule has 33 heavy (non-hydrogen) atoms. The number of aryl methyl sites for hydroxylation is 1. The minimum Gasteiger partial charge on any atom is -0.490 e. The molecule has 2 aromatic carbocycles. The van der Waals surface area contributed by atoms with Crippen molar-refractivity contribution >= 4 is 11.6 Å². The van der Waals surface area contributed by atoms with Crippen LogP contribution in [0.2, 0.25) is 0 Å². The van der Waals surface area contributed by atoms with E-state index >= 15 is 0 Å². The molecule has 0 amide bonds. The molecule has 0 radical (unpaired) electrons. The van der Waals surface area contributed by atoms with Gasteiger partial charge in [0.2, 0.25) is 5.95 Å². The summed E-state index contributed by atoms with van der Waals surface area (Å²) < 4.78 is 49.9. The molecule has 4 rings (SSSR count). The molecule has 1 aliphatic heterocycles. The minimum atomic E-state index is -4.75. The lowest BCUT2D eigenvalue weighted by Gasteiger charge is -2.24. The minimum absolute atomic E-state index is 0.128. The van der Waals surface area contributed by atoms with Crippen molar-refractivity contribution in [2.45, 2.75) is 38.1 Å². The van der Waals surface area contributed by atoms with E-state index in [0.29, 0.717) is 24.7 Å². The smallest absolute Gasteiger partial charge is 0.418 e. The number of aliphatic hydroxyl groups is 1. The van der Waals surface area contributed by atoms with Gasteiger partial charge in [0.05, 0.1) is 13.2 Å². The maximum atomic E-state index is 12.8. The molecule has 0 bridgehead atoms. The third kappa shape index (κ3) is 5.77. The first-order chi connectivity index (χ1) is 15.8. The summed E-state index contributed by atoms with van der Waals surface area (Å²) in [6.45, 7) is 3.33. The summed E-state index contributed by atoms with van der Waals surface area (Å²) in [5.74, 6) is 1.36. The summed E-state index contributed by atoms with van der Waals surface area (Å²) in [6.07, 6.45) is -4.17. The Kier molecular flexibility index (Phi) is 6.75. The number of aromatic nitrogens is 3. The van der Waals surface area contributed by atoms with Gasteiger partial charge in [0.1, 0.15) is 18.2 Å². The molecule has 1 atom stereocenters. The van der Waals surface area contributed by atoms with Crippen LogP contribution in [0.15, 0.2) is 48.8 Å². The van der Waals surface area contributed by atoms with E-state index in [9.17, 15) is 18.3 Å². The van der Waals surface area contributed by atoms with Crippen molar-refractivity contribution in [1.29, 1.82) is 0 Å². The predicted molar refractivity (Wildman–Crippen MR) is 115 cm³/mol. The average molecular weight is 460 g/mol. The Bertz CT molecular complexity index is 1100. The SMILES string of the molecule is Cc1cc(-c2ncnc(Nc3cccc(C(O)C(F)(F)F)c3)n2)ccc1OC1CCOCC1. The first kappa shape index (κ1) is 22.9. The standard InChI is InChI=1S/C23H23F3N4O3/c1-14-11-16(5-6-19(14)33-18-7-9-32-10-8-18)21-27-13-28-22(30-21)29-17-4-2-3-15(12-17)20(31)23(24,25)26/h2-6,11-13,18,20,31H,7-10H2,1H3,(H,27,28,29,30). The fourth-order valence-corrected chi connectivity index (χ4v) is 3.49. The van der Waals surface area contributed by atoms with Gasteiger partial charge in [-0.2, -0.15) is 18.2 Å². The van der Waals surface area contributed by atoms with Crippen LogP contribution in [0.4, 0.5) is 24.8 Å². The zero-order chi connectivity index (χ0) is 23.4. The number of aliphatic hydroxyl groups excluding tert-OH is 1. The van der Waals surface area contributed by atoms with E-state index in [0.717, 1.165) is 29.7 Å². The Morgan fingerprint density at radius 1 is 1.12 bits per heavy atom. The maximum absolute atomic E-state index is 12.8. The van der Waals surface area contributed by atoms with E-state index in [4.69, 9.17) is 9.47 Å². The molecule has 1 unspecified atom stereocenters. The van der Waals surface area contributed by atoms with Crippen molar-refractivity contribution in [3.05, 3.63) is 59.9 Å². The van der Waals surface area contributed by atoms with Crippen molar-refractivity contribution in [3.8, 4) is 17.1 Å². The molecule has 10 heteroatoms. The van der Waals surface area contributed by atoms with Crippen molar-refractivity contribution < 1.29 is 27.8 Å². The van der Waals surface area contributed by atoms with Crippen molar-refractivity contribution in [2.24, 2.45) is 0 Å². The Hall–Kier alpha value is -3.24. The van der Waals surface area contributed by atoms with E-state index < -0.39 is 12.3 Å². The molecule has 7 nitrogen and oxygen atoms in total. The molecular weight excluding hydrogens is 437 g/mol. The Morgan fingerprint density at radius 2 is 1.91 bits per heavy atom. The molecule has 2 heterocycles. The molecule has 1 saturated heterocycles. The predicted octanol–water partition coefficient (Wildman–Crippen LogP) is 4.74. The average Bonchev–Trinajstić information content (AvgIpc) is 2.80. The summed E-state index contributed by atoms with van der Waals surface area (Å²) >= 11 is 0. The first-order valence-corrected chi connectivity index (χ1v) is 10.5. The van der Waals surface area contributed by atoms with Crippen LogP contribution in [0, 0.1) is 6.92 Å². The number of hydrogen-bond donors (Lipinski definition) is 2. The van der Waals surface area contributed by atoms with E-state index in [1.54, 1.807) is 6.07 Å². The van der Waals surface area contributed by atoms with Gasteiger partial charge in [0, 0.05) is 24.1 Å². The van der Waals surface area contributed by atoms with Crippen molar-refractivity contribution in [2.75, 3.05) is 18.5 Å². The molecular formula is C23H23F3N4O3. The van der Waals surface area contributed by atoms with Crippen LogP contribution in [0.1, 0.15) is 30.1 Å². The number of ether oxygens (including phenoxy) is 2. The van der Waals surface area contributed by atoms with Crippen molar-refractivity contribution in [3.63, 3.8) is 0 Å². The number of nitrogens with one attached hydrogen (secondary N) is 1. The molecule has 174 valence electrons. The number of alkyl halides is 3. The van der Waals surface area contributed by atoms with Crippen LogP contribution in [-0.2, 0) is 4.74 Å². The highest BCUT2D eigenvalue weighted by molar-refractivity contribution is 5.61. The number of halogens is 3. The summed E-state index contributed by atoms with van der Waals surface area (Å²) in [6, 6.07) is 11.0. The zero-order valence-corrected chi connectivity index (χ0v) is 17.8. The summed E-state index contributed by atoms with van der Waals surface area (Å²) in [5, 5.41) is 12.3. The van der Waals surface area contributed by atoms with Gasteiger partial charge in [-0.1, -0.05) is 12.1 Å². The molecule has 0 saturated carbocycles. The number of anilines is 2. The van der Waals surface area contributed by atoms with Gasteiger partial charge in [-0.25, -0.2) is 9.97 Å². The molecule has 3 aromatic rings. The molecule has 1 fully saturated rings. The van der Waals surface area contributed by atoms with Crippen LogP contribution in [-0.4, -0.2) is 45.6 Å². The lowest BCUT2D eigenvalue weighted by Crippen LogP contribution is -2.26. The molecule has 2 N–H and O–H groups in total. The normalized spacial score (nSPS) is 15.8. The third-order valence-electron chi connectivity index (χ3n) is 5.24.